The molecule has 1 heterocycles. The largest absolute Gasteiger partial charge is 0.445 e. The molecule has 1 N–H and O–H groups in total. The molecule has 2 aromatic rings. The lowest BCUT2D eigenvalue weighted by molar-refractivity contribution is 0.102. The molecule has 1 aromatic heterocycles. The molecule has 0 bridgehead atoms. The van der Waals surface area contributed by atoms with Gasteiger partial charge < -0.3 is 9.64 Å². The summed E-state index contributed by atoms with van der Waals surface area (Å²) in [6, 6.07) is 9.55. The first kappa shape index (κ1) is 13.1. The van der Waals surface area contributed by atoms with Crippen LogP contribution in [0.15, 0.2) is 30.3 Å². The zero-order valence-corrected chi connectivity index (χ0v) is 11.0. The summed E-state index contributed by atoms with van der Waals surface area (Å²) in [7, 11) is 1.65. The molecular formula is C13H16N4O2. The van der Waals surface area contributed by atoms with Gasteiger partial charge in [-0.05, 0) is 12.5 Å². The molecule has 6 heteroatoms. The van der Waals surface area contributed by atoms with E-state index in [2.05, 4.69) is 15.2 Å². The van der Waals surface area contributed by atoms with Crippen LogP contribution in [0.25, 0.3) is 0 Å². The zero-order valence-electron chi connectivity index (χ0n) is 11.0. The maximum absolute atomic E-state index is 11.8. The summed E-state index contributed by atoms with van der Waals surface area (Å²) in [4.78, 5) is 17.3. The number of nitrogens with one attached hydrogen (secondary N) is 1. The van der Waals surface area contributed by atoms with Crippen molar-refractivity contribution < 1.29 is 9.53 Å². The van der Waals surface area contributed by atoms with Gasteiger partial charge in [-0.25, -0.2) is 9.78 Å². The van der Waals surface area contributed by atoms with Crippen LogP contribution in [0.4, 0.5) is 4.79 Å². The number of rotatable bonds is 4. The molecule has 100 valence electrons. The Morgan fingerprint density at radius 2 is 2.11 bits per heavy atom. The number of aryl methyl sites for hydroxylation is 1. The van der Waals surface area contributed by atoms with E-state index in [0.29, 0.717) is 12.4 Å². The topological polar surface area (TPSA) is 71.1 Å². The van der Waals surface area contributed by atoms with Crippen LogP contribution in [-0.2, 0) is 17.9 Å². The molecule has 0 unspecified atom stereocenters. The molecule has 0 atom stereocenters. The molecule has 6 nitrogen and oxygen atoms in total. The Hall–Kier alpha value is -2.37. The Kier molecular flexibility index (Phi) is 4.12. The summed E-state index contributed by atoms with van der Waals surface area (Å²) in [6.07, 6.45) is -0.397. The number of benzene rings is 1. The van der Waals surface area contributed by atoms with Crippen LogP contribution >= 0.6 is 0 Å². The van der Waals surface area contributed by atoms with E-state index >= 15 is 0 Å². The predicted molar refractivity (Wildman–Crippen MR) is 69.2 cm³/mol. The van der Waals surface area contributed by atoms with Crippen molar-refractivity contribution >= 4 is 6.09 Å². The Morgan fingerprint density at radius 1 is 1.37 bits per heavy atom. The van der Waals surface area contributed by atoms with Gasteiger partial charge in [-0.1, -0.05) is 30.3 Å². The van der Waals surface area contributed by atoms with E-state index in [1.165, 1.54) is 4.90 Å². The van der Waals surface area contributed by atoms with E-state index in [9.17, 15) is 4.79 Å². The second-order valence-electron chi connectivity index (χ2n) is 4.23. The van der Waals surface area contributed by atoms with Gasteiger partial charge in [0.1, 0.15) is 12.4 Å². The van der Waals surface area contributed by atoms with Crippen molar-refractivity contribution in [3.05, 3.63) is 47.5 Å². The Balaban J connectivity index is 1.82. The highest BCUT2D eigenvalue weighted by Crippen LogP contribution is 2.04. The van der Waals surface area contributed by atoms with E-state index in [0.717, 1.165) is 11.4 Å². The second-order valence-corrected chi connectivity index (χ2v) is 4.23. The molecule has 1 aromatic carbocycles. The van der Waals surface area contributed by atoms with Gasteiger partial charge in [0.25, 0.3) is 0 Å². The van der Waals surface area contributed by atoms with Crippen molar-refractivity contribution in [3.63, 3.8) is 0 Å². The van der Waals surface area contributed by atoms with Crippen molar-refractivity contribution in [2.45, 2.75) is 20.1 Å². The number of H-pyrrole nitrogens is 1. The quantitative estimate of drug-likeness (QED) is 0.911. The van der Waals surface area contributed by atoms with E-state index in [-0.39, 0.29) is 6.61 Å². The summed E-state index contributed by atoms with van der Waals surface area (Å²) in [6.45, 7) is 2.39. The minimum absolute atomic E-state index is 0.261. The zero-order chi connectivity index (χ0) is 13.7. The summed E-state index contributed by atoms with van der Waals surface area (Å²) in [5.41, 5.74) is 0.956. The van der Waals surface area contributed by atoms with Gasteiger partial charge >= 0.3 is 6.09 Å². The van der Waals surface area contributed by atoms with Crippen molar-refractivity contribution in [3.8, 4) is 0 Å². The standard InChI is InChI=1S/C13H16N4O2/c1-10-14-12(16-15-10)8-17(2)13(18)19-9-11-6-4-3-5-7-11/h3-7H,8-9H2,1-2H3,(H,14,15,16). The lowest BCUT2D eigenvalue weighted by Gasteiger charge is -2.15. The van der Waals surface area contributed by atoms with Crippen LogP contribution in [0.1, 0.15) is 17.2 Å². The SMILES string of the molecule is Cc1nc(CN(C)C(=O)OCc2ccccc2)n[nH]1. The summed E-state index contributed by atoms with van der Waals surface area (Å²) >= 11 is 0. The number of nitrogens with zero attached hydrogens (tertiary/aromatic N) is 3. The first-order chi connectivity index (χ1) is 9.15. The Labute approximate surface area is 111 Å². The van der Waals surface area contributed by atoms with Crippen molar-refractivity contribution in [1.82, 2.24) is 20.1 Å². The lowest BCUT2D eigenvalue weighted by Crippen LogP contribution is -2.27. The molecule has 0 aliphatic rings. The van der Waals surface area contributed by atoms with Gasteiger partial charge in [0, 0.05) is 7.05 Å². The highest BCUT2D eigenvalue weighted by atomic mass is 16.6. The minimum Gasteiger partial charge on any atom is -0.445 e. The molecule has 2 rings (SSSR count). The molecule has 0 aliphatic heterocycles. The second kappa shape index (κ2) is 5.99. The van der Waals surface area contributed by atoms with E-state index < -0.39 is 6.09 Å². The van der Waals surface area contributed by atoms with Crippen LogP contribution in [0.5, 0.6) is 0 Å². The summed E-state index contributed by atoms with van der Waals surface area (Å²) in [5.74, 6) is 1.29. The minimum atomic E-state index is -0.397. The average Bonchev–Trinajstić information content (AvgIpc) is 2.82. The maximum atomic E-state index is 11.8. The number of carbonyl (C=O) groups excluding carboxylic acids is 1. The fourth-order valence-corrected chi connectivity index (χ4v) is 1.57. The highest BCUT2D eigenvalue weighted by molar-refractivity contribution is 5.67. The normalized spacial score (nSPS) is 10.2. The molecule has 0 radical (unpaired) electrons. The Bertz CT molecular complexity index is 539. The van der Waals surface area contributed by atoms with E-state index in [1.807, 2.05) is 37.3 Å². The van der Waals surface area contributed by atoms with Crippen molar-refractivity contribution in [1.29, 1.82) is 0 Å². The number of aromatic amines is 1. The third-order valence-corrected chi connectivity index (χ3v) is 2.54. The van der Waals surface area contributed by atoms with E-state index in [1.54, 1.807) is 7.05 Å². The number of hydrogen-bond acceptors (Lipinski definition) is 4. The molecule has 0 spiro atoms. The van der Waals surface area contributed by atoms with Gasteiger partial charge in [-0.15, -0.1) is 0 Å². The Morgan fingerprint density at radius 3 is 2.74 bits per heavy atom. The van der Waals surface area contributed by atoms with Gasteiger partial charge in [-0.2, -0.15) is 5.10 Å². The number of ether oxygens (including phenoxy) is 1. The van der Waals surface area contributed by atoms with Crippen LogP contribution in [0.2, 0.25) is 0 Å². The molecule has 0 fully saturated rings. The fraction of sp³-hybridized carbons (Fsp3) is 0.308. The lowest BCUT2D eigenvalue weighted by atomic mass is 10.2. The number of hydrogen-bond donors (Lipinski definition) is 1. The number of carbonyl (C=O) groups is 1. The van der Waals surface area contributed by atoms with Crippen LogP contribution < -0.4 is 0 Å². The molecule has 19 heavy (non-hydrogen) atoms. The molecule has 0 aliphatic carbocycles. The monoisotopic (exact) mass is 260 g/mol. The highest BCUT2D eigenvalue weighted by Gasteiger charge is 2.12. The van der Waals surface area contributed by atoms with Crippen molar-refractivity contribution in [2.75, 3.05) is 7.05 Å². The average molecular weight is 260 g/mol. The third-order valence-electron chi connectivity index (χ3n) is 2.54. The van der Waals surface area contributed by atoms with Crippen LogP contribution in [-0.4, -0.2) is 33.2 Å². The summed E-state index contributed by atoms with van der Waals surface area (Å²) < 4.78 is 5.19. The molecule has 0 saturated carbocycles. The third kappa shape index (κ3) is 3.80. The van der Waals surface area contributed by atoms with Gasteiger partial charge in [0.05, 0.1) is 6.54 Å². The van der Waals surface area contributed by atoms with Gasteiger partial charge in [0.2, 0.25) is 0 Å². The van der Waals surface area contributed by atoms with E-state index in [4.69, 9.17) is 4.74 Å². The first-order valence-corrected chi connectivity index (χ1v) is 5.95. The van der Waals surface area contributed by atoms with Crippen LogP contribution in [0.3, 0.4) is 0 Å². The maximum Gasteiger partial charge on any atom is 0.410 e. The van der Waals surface area contributed by atoms with Crippen molar-refractivity contribution in [2.24, 2.45) is 0 Å². The fourth-order valence-electron chi connectivity index (χ4n) is 1.57. The molecule has 1 amide bonds. The molecular weight excluding hydrogens is 244 g/mol. The first-order valence-electron chi connectivity index (χ1n) is 5.95. The van der Waals surface area contributed by atoms with Crippen LogP contribution in [0, 0.1) is 6.92 Å². The molecule has 0 saturated heterocycles. The summed E-state index contributed by atoms with van der Waals surface area (Å²) in [5, 5.41) is 6.70. The number of aromatic nitrogens is 3. The van der Waals surface area contributed by atoms with Gasteiger partial charge in [-0.3, -0.25) is 5.10 Å². The smallest absolute Gasteiger partial charge is 0.410 e. The predicted octanol–water partition coefficient (Wildman–Crippen LogP) is 1.88. The number of amides is 1. The van der Waals surface area contributed by atoms with Gasteiger partial charge in [0.15, 0.2) is 5.82 Å².